The molecule has 0 saturated carbocycles. The van der Waals surface area contributed by atoms with Crippen LogP contribution in [0.2, 0.25) is 0 Å². The third-order valence-electron chi connectivity index (χ3n) is 7.16. The molecule has 1 aliphatic heterocycles. The zero-order chi connectivity index (χ0) is 28.5. The molecule has 1 aliphatic rings. The number of hydrogen-bond donors (Lipinski definition) is 1. The van der Waals surface area contributed by atoms with Crippen LogP contribution in [0.4, 0.5) is 27.6 Å². The van der Waals surface area contributed by atoms with E-state index in [1.165, 1.54) is 29.8 Å². The van der Waals surface area contributed by atoms with Gasteiger partial charge in [0.05, 0.1) is 41.0 Å². The molecule has 0 unspecified atom stereocenters. The molecule has 3 aromatic heterocycles. The Morgan fingerprint density at radius 1 is 1.15 bits per heavy atom. The molecule has 0 aliphatic carbocycles. The summed E-state index contributed by atoms with van der Waals surface area (Å²) in [4.78, 5) is 18.0. The topological polar surface area (TPSA) is 83.8 Å². The average Bonchev–Trinajstić information content (AvgIpc) is 3.42. The van der Waals surface area contributed by atoms with Gasteiger partial charge in [0, 0.05) is 48.2 Å². The Kier molecular flexibility index (Phi) is 5.93. The Morgan fingerprint density at radius 2 is 1.88 bits per heavy atom. The normalized spacial score (nSPS) is 13.5. The Balaban J connectivity index is 1.65. The second-order valence-electron chi connectivity index (χ2n) is 9.53. The first-order valence-electron chi connectivity index (χ1n) is 12.1. The number of nitrogens with two attached hydrogens (primary N) is 1. The Hall–Kier alpha value is -4.29. The van der Waals surface area contributed by atoms with E-state index in [0.717, 1.165) is 18.2 Å². The number of carbonyl (C=O) groups excluding carboxylic acids is 1. The lowest BCUT2D eigenvalue weighted by Gasteiger charge is -2.22. The highest BCUT2D eigenvalue weighted by Gasteiger charge is 2.38. The quantitative estimate of drug-likeness (QED) is 0.172. The lowest BCUT2D eigenvalue weighted by molar-refractivity contribution is -0.137. The third kappa shape index (κ3) is 3.86. The van der Waals surface area contributed by atoms with Crippen molar-refractivity contribution in [2.24, 2.45) is 7.05 Å². The van der Waals surface area contributed by atoms with Crippen molar-refractivity contribution in [1.82, 2.24) is 14.0 Å². The van der Waals surface area contributed by atoms with Crippen LogP contribution in [0.15, 0.2) is 42.6 Å². The van der Waals surface area contributed by atoms with Crippen LogP contribution in [0, 0.1) is 11.6 Å². The van der Waals surface area contributed by atoms with E-state index in [1.54, 1.807) is 17.7 Å². The number of rotatable bonds is 4. The smallest absolute Gasteiger partial charge is 0.394 e. The minimum atomic E-state index is -4.74. The molecule has 2 N–H and O–H groups in total. The van der Waals surface area contributed by atoms with Gasteiger partial charge in [-0.15, -0.1) is 0 Å². The summed E-state index contributed by atoms with van der Waals surface area (Å²) in [5.41, 5.74) is 5.15. The molecule has 0 radical (unpaired) electrons. The number of pyridine rings is 1. The predicted molar refractivity (Wildman–Crippen MR) is 136 cm³/mol. The van der Waals surface area contributed by atoms with E-state index in [1.807, 2.05) is 0 Å². The number of alkyl halides is 3. The monoisotopic (exact) mass is 556 g/mol. The lowest BCUT2D eigenvalue weighted by atomic mass is 9.91. The second-order valence-corrected chi connectivity index (χ2v) is 9.53. The van der Waals surface area contributed by atoms with Crippen LogP contribution in [0.25, 0.3) is 27.7 Å². The van der Waals surface area contributed by atoms with E-state index in [4.69, 9.17) is 15.2 Å². The maximum atomic E-state index is 14.6. The summed E-state index contributed by atoms with van der Waals surface area (Å²) in [6.45, 7) is -0.117. The molecule has 5 aromatic rings. The molecule has 4 heterocycles. The largest absolute Gasteiger partial charge is 0.417 e. The zero-order valence-electron chi connectivity index (χ0n) is 21.2. The number of hydrogen-bond acceptors (Lipinski definition) is 5. The van der Waals surface area contributed by atoms with Gasteiger partial charge >= 0.3 is 6.18 Å². The number of ketones is 1. The van der Waals surface area contributed by atoms with Crippen LogP contribution in [0.1, 0.15) is 38.6 Å². The fourth-order valence-corrected chi connectivity index (χ4v) is 5.32. The fraction of sp³-hybridized carbons (Fsp3) is 0.214. The van der Waals surface area contributed by atoms with E-state index in [-0.39, 0.29) is 53.3 Å². The average molecular weight is 556 g/mol. The van der Waals surface area contributed by atoms with Crippen LogP contribution in [-0.4, -0.2) is 26.8 Å². The van der Waals surface area contributed by atoms with Gasteiger partial charge in [-0.05, 0) is 30.3 Å². The molecule has 2 aromatic carbocycles. The highest BCUT2D eigenvalue weighted by atomic mass is 19.4. The molecule has 6 rings (SSSR count). The number of methoxy groups -OCH3 is 1. The Morgan fingerprint density at radius 3 is 2.55 bits per heavy atom. The summed E-state index contributed by atoms with van der Waals surface area (Å²) >= 11 is 0. The van der Waals surface area contributed by atoms with Crippen LogP contribution in [0.3, 0.4) is 0 Å². The van der Waals surface area contributed by atoms with Crippen molar-refractivity contribution in [2.75, 3.05) is 12.8 Å². The number of benzene rings is 2. The van der Waals surface area contributed by atoms with Gasteiger partial charge in [-0.2, -0.15) is 13.2 Å². The fourth-order valence-electron chi connectivity index (χ4n) is 5.32. The molecule has 206 valence electrons. The Labute approximate surface area is 223 Å². The van der Waals surface area contributed by atoms with Crippen molar-refractivity contribution < 1.29 is 36.2 Å². The molecule has 12 heteroatoms. The molecular formula is C28H21F5N4O3. The summed E-state index contributed by atoms with van der Waals surface area (Å²) in [6, 6.07) is 7.22. The number of imidazole rings is 1. The molecule has 0 saturated heterocycles. The lowest BCUT2D eigenvalue weighted by Crippen LogP contribution is -2.13. The van der Waals surface area contributed by atoms with Gasteiger partial charge in [0.1, 0.15) is 29.8 Å². The molecule has 0 bridgehead atoms. The number of carbonyl (C=O) groups is 1. The number of ether oxygens (including phenoxy) is 2. The first-order chi connectivity index (χ1) is 19.0. The van der Waals surface area contributed by atoms with Crippen molar-refractivity contribution >= 4 is 28.0 Å². The SMILES string of the molecule is COCc1nc2c3c(c(C(F)(F)F)cc2n1C)-c1cccn2c(C(=O)c4cc(F)c(N)c(F)c4)cc(c12)COC3. The van der Waals surface area contributed by atoms with Gasteiger partial charge in [0.2, 0.25) is 5.78 Å². The third-order valence-corrected chi connectivity index (χ3v) is 7.16. The van der Waals surface area contributed by atoms with Crippen LogP contribution >= 0.6 is 0 Å². The molecule has 0 atom stereocenters. The van der Waals surface area contributed by atoms with Crippen LogP contribution in [-0.2, 0) is 42.5 Å². The first-order valence-corrected chi connectivity index (χ1v) is 12.1. The summed E-state index contributed by atoms with van der Waals surface area (Å²) in [5, 5.41) is 0. The number of aromatic nitrogens is 3. The highest BCUT2D eigenvalue weighted by molar-refractivity contribution is 6.10. The molecule has 7 nitrogen and oxygen atoms in total. The molecule has 0 spiro atoms. The van der Waals surface area contributed by atoms with Crippen molar-refractivity contribution in [1.29, 1.82) is 0 Å². The molecule has 40 heavy (non-hydrogen) atoms. The van der Waals surface area contributed by atoms with Crippen LogP contribution < -0.4 is 5.73 Å². The highest BCUT2D eigenvalue weighted by Crippen LogP contribution is 2.45. The second kappa shape index (κ2) is 9.14. The first kappa shape index (κ1) is 26.0. The van der Waals surface area contributed by atoms with Gasteiger partial charge in [-0.25, -0.2) is 13.8 Å². The van der Waals surface area contributed by atoms with E-state index in [0.29, 0.717) is 22.4 Å². The predicted octanol–water partition coefficient (Wildman–Crippen LogP) is 5.78. The van der Waals surface area contributed by atoms with Gasteiger partial charge in [0.15, 0.2) is 0 Å². The number of anilines is 1. The summed E-state index contributed by atoms with van der Waals surface area (Å²) in [7, 11) is 3.09. The maximum absolute atomic E-state index is 14.6. The van der Waals surface area contributed by atoms with Crippen molar-refractivity contribution in [3.8, 4) is 11.1 Å². The van der Waals surface area contributed by atoms with E-state index < -0.39 is 34.8 Å². The summed E-state index contributed by atoms with van der Waals surface area (Å²) in [6.07, 6.45) is -3.23. The number of aryl methyl sites for hydroxylation is 1. The van der Waals surface area contributed by atoms with Gasteiger partial charge in [0.25, 0.3) is 0 Å². The number of halogens is 5. The van der Waals surface area contributed by atoms with Gasteiger partial charge in [-0.3, -0.25) is 4.79 Å². The van der Waals surface area contributed by atoms with Crippen molar-refractivity contribution in [2.45, 2.75) is 26.0 Å². The standard InChI is InChI=1S/C28H21F5N4O3/c1-36-20-9-17(28(31,32)33)23-15-4-3-5-37-21(27(38)13-6-18(29)24(34)19(30)7-13)8-14(26(15)37)10-40-11-16(23)25(20)35-22(36)12-39-2/h3-9H,10-12,34H2,1-2H3. The Bertz CT molecular complexity index is 1830. The summed E-state index contributed by atoms with van der Waals surface area (Å²) in [5.74, 6) is -2.49. The molecular weight excluding hydrogens is 535 g/mol. The van der Waals surface area contributed by atoms with Crippen LogP contribution in [0.5, 0.6) is 0 Å². The minimum Gasteiger partial charge on any atom is -0.394 e. The minimum absolute atomic E-state index is 0.00248. The van der Waals surface area contributed by atoms with E-state index >= 15 is 0 Å². The van der Waals surface area contributed by atoms with E-state index in [9.17, 15) is 26.7 Å². The van der Waals surface area contributed by atoms with Crippen molar-refractivity contribution in [3.05, 3.63) is 88.0 Å². The van der Waals surface area contributed by atoms with E-state index in [2.05, 4.69) is 4.98 Å². The van der Waals surface area contributed by atoms with Gasteiger partial charge < -0.3 is 24.2 Å². The number of nitrogens with zero attached hydrogens (tertiary/aromatic N) is 3. The number of nitrogen functional groups attached to an aromatic ring is 1. The zero-order valence-corrected chi connectivity index (χ0v) is 21.2. The maximum Gasteiger partial charge on any atom is 0.417 e. The number of fused-ring (bicyclic) bond motifs is 4. The van der Waals surface area contributed by atoms with Crippen molar-refractivity contribution in [3.63, 3.8) is 0 Å². The molecule has 0 amide bonds. The summed E-state index contributed by atoms with van der Waals surface area (Å²) < 4.78 is 86.1. The van der Waals surface area contributed by atoms with Gasteiger partial charge in [-0.1, -0.05) is 6.07 Å². The molecule has 0 fully saturated rings.